The summed E-state index contributed by atoms with van der Waals surface area (Å²) in [7, 11) is -1.84. The summed E-state index contributed by atoms with van der Waals surface area (Å²) in [6.07, 6.45) is 0. The van der Waals surface area contributed by atoms with E-state index in [1.165, 1.54) is 0 Å². The van der Waals surface area contributed by atoms with Crippen molar-refractivity contribution >= 4 is 16.8 Å². The minimum absolute atomic E-state index is 0.168. The van der Waals surface area contributed by atoms with E-state index in [4.69, 9.17) is 5.11 Å². The van der Waals surface area contributed by atoms with E-state index < -0.39 is 29.3 Å². The molecule has 1 aromatic rings. The monoisotopic (exact) mass is 234 g/mol. The first-order valence-electron chi connectivity index (χ1n) is 4.03. The standard InChI is InChI=1S/C9H8F2O3S/c10-3-4-15(14)8-5-6(9(12)13)1-2-7(8)11/h1-2,5H,3-4H2,(H,12,13). The molecule has 0 fully saturated rings. The molecule has 1 unspecified atom stereocenters. The first-order valence-corrected chi connectivity index (χ1v) is 5.35. The van der Waals surface area contributed by atoms with Gasteiger partial charge < -0.3 is 5.11 Å². The predicted octanol–water partition coefficient (Wildman–Crippen LogP) is 1.60. The van der Waals surface area contributed by atoms with Crippen LogP contribution < -0.4 is 0 Å². The molecular formula is C9H8F2O3S. The van der Waals surface area contributed by atoms with Crippen molar-refractivity contribution in [3.63, 3.8) is 0 Å². The van der Waals surface area contributed by atoms with Crippen molar-refractivity contribution in [1.29, 1.82) is 0 Å². The minimum atomic E-state index is -1.84. The predicted molar refractivity (Wildman–Crippen MR) is 50.6 cm³/mol. The van der Waals surface area contributed by atoms with Gasteiger partial charge in [-0.2, -0.15) is 0 Å². The summed E-state index contributed by atoms with van der Waals surface area (Å²) >= 11 is 0. The van der Waals surface area contributed by atoms with Gasteiger partial charge in [0, 0.05) is 0 Å². The highest BCUT2D eigenvalue weighted by atomic mass is 32.2. The van der Waals surface area contributed by atoms with E-state index in [2.05, 4.69) is 0 Å². The summed E-state index contributed by atoms with van der Waals surface area (Å²) in [5.74, 6) is -2.36. The van der Waals surface area contributed by atoms with Gasteiger partial charge in [0.2, 0.25) is 0 Å². The van der Waals surface area contributed by atoms with Crippen LogP contribution in [0.25, 0.3) is 0 Å². The third-order valence-corrected chi connectivity index (χ3v) is 3.01. The number of hydrogen-bond donors (Lipinski definition) is 1. The molecule has 0 radical (unpaired) electrons. The van der Waals surface area contributed by atoms with E-state index >= 15 is 0 Å². The number of halogens is 2. The molecule has 1 N–H and O–H groups in total. The quantitative estimate of drug-likeness (QED) is 0.860. The van der Waals surface area contributed by atoms with E-state index in [1.807, 2.05) is 0 Å². The van der Waals surface area contributed by atoms with E-state index in [0.717, 1.165) is 18.2 Å². The Morgan fingerprint density at radius 2 is 2.13 bits per heavy atom. The number of carbonyl (C=O) groups is 1. The molecule has 0 aromatic heterocycles. The average Bonchev–Trinajstić information content (AvgIpc) is 2.18. The summed E-state index contributed by atoms with van der Waals surface area (Å²) < 4.78 is 36.3. The van der Waals surface area contributed by atoms with Gasteiger partial charge in [0.25, 0.3) is 0 Å². The van der Waals surface area contributed by atoms with Gasteiger partial charge >= 0.3 is 5.97 Å². The zero-order chi connectivity index (χ0) is 11.4. The van der Waals surface area contributed by atoms with Crippen LogP contribution in [-0.4, -0.2) is 27.7 Å². The summed E-state index contributed by atoms with van der Waals surface area (Å²) in [6.45, 7) is -0.844. The molecule has 82 valence electrons. The number of carboxylic acid groups (broad SMARTS) is 1. The maximum absolute atomic E-state index is 13.1. The van der Waals surface area contributed by atoms with Gasteiger partial charge in [0.15, 0.2) is 0 Å². The van der Waals surface area contributed by atoms with E-state index in [9.17, 15) is 17.8 Å². The van der Waals surface area contributed by atoms with Crippen molar-refractivity contribution in [2.75, 3.05) is 12.4 Å². The molecule has 0 saturated heterocycles. The van der Waals surface area contributed by atoms with Crippen LogP contribution in [-0.2, 0) is 10.8 Å². The van der Waals surface area contributed by atoms with Crippen LogP contribution in [0.4, 0.5) is 8.78 Å². The molecule has 0 heterocycles. The first kappa shape index (κ1) is 11.8. The summed E-state index contributed by atoms with van der Waals surface area (Å²) in [5, 5.41) is 8.62. The Bertz CT molecular complexity index is 406. The van der Waals surface area contributed by atoms with Gasteiger partial charge in [-0.3, -0.25) is 8.60 Å². The average molecular weight is 234 g/mol. The fourth-order valence-electron chi connectivity index (χ4n) is 0.991. The maximum atomic E-state index is 13.1. The molecule has 0 aliphatic heterocycles. The molecule has 0 aliphatic rings. The molecule has 1 aromatic carbocycles. The zero-order valence-corrected chi connectivity index (χ0v) is 8.39. The lowest BCUT2D eigenvalue weighted by Gasteiger charge is -2.02. The molecule has 0 bridgehead atoms. The third kappa shape index (κ3) is 2.82. The van der Waals surface area contributed by atoms with E-state index in [-0.39, 0.29) is 16.2 Å². The number of carboxylic acids is 1. The number of alkyl halides is 1. The van der Waals surface area contributed by atoms with Crippen molar-refractivity contribution in [2.24, 2.45) is 0 Å². The Kier molecular flexibility index (Phi) is 3.90. The highest BCUT2D eigenvalue weighted by Crippen LogP contribution is 2.15. The maximum Gasteiger partial charge on any atom is 0.335 e. The van der Waals surface area contributed by atoms with Crippen molar-refractivity contribution in [1.82, 2.24) is 0 Å². The van der Waals surface area contributed by atoms with Crippen LogP contribution >= 0.6 is 0 Å². The summed E-state index contributed by atoms with van der Waals surface area (Å²) in [5.41, 5.74) is -0.168. The highest BCUT2D eigenvalue weighted by molar-refractivity contribution is 7.85. The van der Waals surface area contributed by atoms with Gasteiger partial charge in [-0.05, 0) is 18.2 Å². The fraction of sp³-hybridized carbons (Fsp3) is 0.222. The first-order chi connectivity index (χ1) is 7.06. The van der Waals surface area contributed by atoms with Crippen LogP contribution in [0.1, 0.15) is 10.4 Å². The van der Waals surface area contributed by atoms with E-state index in [1.54, 1.807) is 0 Å². The van der Waals surface area contributed by atoms with Crippen LogP contribution in [0.3, 0.4) is 0 Å². The second-order valence-corrected chi connectivity index (χ2v) is 4.23. The second kappa shape index (κ2) is 4.97. The summed E-state index contributed by atoms with van der Waals surface area (Å²) in [6, 6.07) is 2.94. The van der Waals surface area contributed by atoms with Gasteiger partial charge in [-0.15, -0.1) is 0 Å². The van der Waals surface area contributed by atoms with Crippen LogP contribution in [0.15, 0.2) is 23.1 Å². The lowest BCUT2D eigenvalue weighted by Crippen LogP contribution is -2.05. The number of rotatable bonds is 4. The van der Waals surface area contributed by atoms with E-state index in [0.29, 0.717) is 0 Å². The molecule has 1 rings (SSSR count). The SMILES string of the molecule is O=C(O)c1ccc(F)c(S(=O)CCF)c1. The molecule has 0 saturated carbocycles. The molecule has 1 atom stereocenters. The van der Waals surface area contributed by atoms with Gasteiger partial charge in [-0.25, -0.2) is 9.18 Å². The van der Waals surface area contributed by atoms with Crippen LogP contribution in [0.2, 0.25) is 0 Å². The fourth-order valence-corrected chi connectivity index (χ4v) is 1.89. The Morgan fingerprint density at radius 1 is 1.47 bits per heavy atom. The zero-order valence-electron chi connectivity index (χ0n) is 7.57. The van der Waals surface area contributed by atoms with Crippen molar-refractivity contribution in [3.8, 4) is 0 Å². The Morgan fingerprint density at radius 3 is 2.67 bits per heavy atom. The topological polar surface area (TPSA) is 54.4 Å². The molecule has 3 nitrogen and oxygen atoms in total. The molecule has 0 spiro atoms. The molecule has 15 heavy (non-hydrogen) atoms. The Labute approximate surface area is 87.2 Å². The minimum Gasteiger partial charge on any atom is -0.478 e. The highest BCUT2D eigenvalue weighted by Gasteiger charge is 2.13. The normalized spacial score (nSPS) is 12.4. The van der Waals surface area contributed by atoms with Crippen molar-refractivity contribution < 1.29 is 22.9 Å². The summed E-state index contributed by atoms with van der Waals surface area (Å²) in [4.78, 5) is 10.3. The van der Waals surface area contributed by atoms with Crippen molar-refractivity contribution in [2.45, 2.75) is 4.90 Å². The largest absolute Gasteiger partial charge is 0.478 e. The lowest BCUT2D eigenvalue weighted by atomic mass is 10.2. The lowest BCUT2D eigenvalue weighted by molar-refractivity contribution is 0.0696. The van der Waals surface area contributed by atoms with Crippen LogP contribution in [0, 0.1) is 5.82 Å². The smallest absolute Gasteiger partial charge is 0.335 e. The molecule has 6 heteroatoms. The number of aromatic carboxylic acids is 1. The van der Waals surface area contributed by atoms with Crippen molar-refractivity contribution in [3.05, 3.63) is 29.6 Å². The second-order valence-electron chi connectivity index (χ2n) is 2.69. The van der Waals surface area contributed by atoms with Gasteiger partial charge in [0.05, 0.1) is 27.0 Å². The number of hydrogen-bond acceptors (Lipinski definition) is 2. The molecule has 0 amide bonds. The Balaban J connectivity index is 3.10. The number of benzene rings is 1. The van der Waals surface area contributed by atoms with Crippen LogP contribution in [0.5, 0.6) is 0 Å². The Hall–Kier alpha value is -1.30. The van der Waals surface area contributed by atoms with Gasteiger partial charge in [0.1, 0.15) is 12.5 Å². The molecule has 0 aliphatic carbocycles. The molecular weight excluding hydrogens is 226 g/mol. The third-order valence-electron chi connectivity index (χ3n) is 1.69. The van der Waals surface area contributed by atoms with Gasteiger partial charge in [-0.1, -0.05) is 0 Å².